The summed E-state index contributed by atoms with van der Waals surface area (Å²) in [6.45, 7) is 0. The number of fused-ring (bicyclic) bond motifs is 1. The van der Waals surface area contributed by atoms with Crippen LogP contribution in [-0.2, 0) is 0 Å². The maximum Gasteiger partial charge on any atom is 0.152 e. The third-order valence-corrected chi connectivity index (χ3v) is 2.47. The molecule has 0 aromatic carbocycles. The van der Waals surface area contributed by atoms with E-state index in [2.05, 4.69) is 15.5 Å². The second-order valence-electron chi connectivity index (χ2n) is 3.00. The molecular formula is C8H7ClFN3O. The number of aliphatic imine (C=N–C) groups is 1. The third kappa shape index (κ3) is 1.43. The summed E-state index contributed by atoms with van der Waals surface area (Å²) in [4.78, 5) is 14.1. The van der Waals surface area contributed by atoms with E-state index in [1.54, 1.807) is 0 Å². The smallest absolute Gasteiger partial charge is 0.152 e. The summed E-state index contributed by atoms with van der Waals surface area (Å²) in [6, 6.07) is -0.995. The van der Waals surface area contributed by atoms with E-state index in [0.29, 0.717) is 11.3 Å². The highest BCUT2D eigenvalue weighted by atomic mass is 35.5. The van der Waals surface area contributed by atoms with Crippen LogP contribution in [0.25, 0.3) is 0 Å². The van der Waals surface area contributed by atoms with E-state index < -0.39 is 17.7 Å². The molecule has 3 atom stereocenters. The Morgan fingerprint density at radius 3 is 3.07 bits per heavy atom. The van der Waals surface area contributed by atoms with E-state index in [1.807, 2.05) is 0 Å². The summed E-state index contributed by atoms with van der Waals surface area (Å²) in [5.41, 5.74) is 0.597. The van der Waals surface area contributed by atoms with E-state index in [9.17, 15) is 9.30 Å². The topological polar surface area (TPSA) is 53.8 Å². The van der Waals surface area contributed by atoms with Gasteiger partial charge in [0.15, 0.2) is 5.50 Å². The quantitative estimate of drug-likeness (QED) is 0.409. The molecule has 6 heteroatoms. The van der Waals surface area contributed by atoms with Gasteiger partial charge >= 0.3 is 0 Å². The Morgan fingerprint density at radius 2 is 2.36 bits per heavy atom. The molecule has 14 heavy (non-hydrogen) atoms. The Balaban J connectivity index is 2.37. The molecule has 1 aliphatic heterocycles. The van der Waals surface area contributed by atoms with E-state index in [4.69, 9.17) is 11.6 Å². The van der Waals surface area contributed by atoms with Crippen molar-refractivity contribution in [2.45, 2.75) is 17.7 Å². The number of nitrogens with zero attached hydrogens (tertiary/aromatic N) is 2. The third-order valence-electron chi connectivity index (χ3n) is 2.12. The molecule has 74 valence electrons. The Kier molecular flexibility index (Phi) is 2.33. The molecule has 0 saturated heterocycles. The first-order valence-corrected chi connectivity index (χ1v) is 4.48. The van der Waals surface area contributed by atoms with Gasteiger partial charge in [0.25, 0.3) is 0 Å². The van der Waals surface area contributed by atoms with Gasteiger partial charge in [0, 0.05) is 11.3 Å². The molecule has 0 saturated carbocycles. The fraction of sp³-hybridized carbons (Fsp3) is 0.375. The van der Waals surface area contributed by atoms with Crippen LogP contribution in [0.3, 0.4) is 0 Å². The molecule has 2 rings (SSSR count). The van der Waals surface area contributed by atoms with E-state index >= 15 is 0 Å². The van der Waals surface area contributed by atoms with Crippen molar-refractivity contribution in [1.82, 2.24) is 5.32 Å². The molecule has 0 spiro atoms. The van der Waals surface area contributed by atoms with Gasteiger partial charge in [-0.25, -0.2) is 4.39 Å². The fourth-order valence-corrected chi connectivity index (χ4v) is 1.65. The lowest BCUT2D eigenvalue weighted by Crippen LogP contribution is -2.31. The summed E-state index contributed by atoms with van der Waals surface area (Å²) in [7, 11) is 0. The number of nitrogens with one attached hydrogen (secondary N) is 1. The Bertz CT molecular complexity index is 352. The molecule has 2 aliphatic rings. The number of hydrogen-bond donors (Lipinski definition) is 1. The van der Waals surface area contributed by atoms with Crippen LogP contribution in [0.15, 0.2) is 33.6 Å². The average Bonchev–Trinajstić information content (AvgIpc) is 2.17. The zero-order valence-electron chi connectivity index (χ0n) is 7.02. The number of nitroso groups, excluding NO2 is 1. The van der Waals surface area contributed by atoms with Gasteiger partial charge < -0.3 is 5.32 Å². The minimum absolute atomic E-state index is 0.562. The number of alkyl halides is 2. The van der Waals surface area contributed by atoms with Crippen LogP contribution in [0.2, 0.25) is 0 Å². The van der Waals surface area contributed by atoms with Crippen molar-refractivity contribution in [1.29, 1.82) is 0 Å². The van der Waals surface area contributed by atoms with Crippen LogP contribution in [0, 0.1) is 4.91 Å². The van der Waals surface area contributed by atoms with Gasteiger partial charge in [0.1, 0.15) is 12.2 Å². The summed E-state index contributed by atoms with van der Waals surface area (Å²) >= 11 is 5.85. The van der Waals surface area contributed by atoms with Crippen molar-refractivity contribution in [3.63, 3.8) is 0 Å². The second-order valence-corrected chi connectivity index (χ2v) is 3.41. The highest BCUT2D eigenvalue weighted by Crippen LogP contribution is 2.28. The van der Waals surface area contributed by atoms with Crippen molar-refractivity contribution < 1.29 is 4.39 Å². The Morgan fingerprint density at radius 1 is 1.57 bits per heavy atom. The lowest BCUT2D eigenvalue weighted by molar-refractivity contribution is 0.364. The zero-order valence-corrected chi connectivity index (χ0v) is 7.78. The molecule has 0 fully saturated rings. The molecule has 1 aliphatic carbocycles. The van der Waals surface area contributed by atoms with Gasteiger partial charge in [-0.15, -0.1) is 0 Å². The molecular weight excluding hydrogens is 209 g/mol. The summed E-state index contributed by atoms with van der Waals surface area (Å²) in [5, 5.41) is 5.43. The van der Waals surface area contributed by atoms with E-state index in [1.165, 1.54) is 18.5 Å². The lowest BCUT2D eigenvalue weighted by Gasteiger charge is -2.25. The Hall–Kier alpha value is -1.23. The predicted molar refractivity (Wildman–Crippen MR) is 51.9 cm³/mol. The normalized spacial score (nSPS) is 35.1. The van der Waals surface area contributed by atoms with Crippen molar-refractivity contribution in [3.8, 4) is 0 Å². The number of halogens is 2. The molecule has 0 aromatic rings. The van der Waals surface area contributed by atoms with E-state index in [-0.39, 0.29) is 0 Å². The van der Waals surface area contributed by atoms with Crippen LogP contribution in [0.5, 0.6) is 0 Å². The predicted octanol–water partition coefficient (Wildman–Crippen LogP) is 1.48. The molecule has 1 heterocycles. The molecule has 0 aromatic heterocycles. The molecule has 3 unspecified atom stereocenters. The molecule has 1 N–H and O–H groups in total. The first kappa shape index (κ1) is 9.33. The van der Waals surface area contributed by atoms with Gasteiger partial charge in [-0.05, 0) is 12.2 Å². The minimum atomic E-state index is -1.39. The zero-order chi connectivity index (χ0) is 10.1. The number of hydrogen-bond acceptors (Lipinski definition) is 4. The van der Waals surface area contributed by atoms with Crippen molar-refractivity contribution in [2.75, 3.05) is 0 Å². The summed E-state index contributed by atoms with van der Waals surface area (Å²) in [5.74, 6) is 0. The molecule has 0 amide bonds. The van der Waals surface area contributed by atoms with Crippen molar-refractivity contribution >= 4 is 17.9 Å². The molecule has 0 radical (unpaired) electrons. The maximum absolute atomic E-state index is 13.2. The largest absolute Gasteiger partial charge is 0.347 e. The molecule has 0 bridgehead atoms. The van der Waals surface area contributed by atoms with Crippen molar-refractivity contribution in [2.24, 2.45) is 10.2 Å². The standard InChI is InChI=1S/C8H7ClFN3O/c9-8-4-1-7(13-14)5(10)2-6(4)11-3-12-8/h1-3,5,7-8H,(H,11,12). The minimum Gasteiger partial charge on any atom is -0.347 e. The van der Waals surface area contributed by atoms with Crippen molar-refractivity contribution in [3.05, 3.63) is 28.3 Å². The first-order chi connectivity index (χ1) is 6.72. The van der Waals surface area contributed by atoms with Crippen LogP contribution in [0.4, 0.5) is 4.39 Å². The van der Waals surface area contributed by atoms with Crippen LogP contribution in [-0.4, -0.2) is 24.1 Å². The first-order valence-electron chi connectivity index (χ1n) is 4.05. The highest BCUT2D eigenvalue weighted by Gasteiger charge is 2.29. The van der Waals surface area contributed by atoms with Gasteiger partial charge in [-0.1, -0.05) is 16.8 Å². The fourth-order valence-electron chi connectivity index (χ4n) is 1.40. The number of rotatable bonds is 1. The maximum atomic E-state index is 13.2. The van der Waals surface area contributed by atoms with Crippen LogP contribution >= 0.6 is 11.6 Å². The Labute approximate surface area is 84.5 Å². The summed E-state index contributed by atoms with van der Waals surface area (Å²) in [6.07, 6.45) is 2.72. The molecule has 4 nitrogen and oxygen atoms in total. The summed E-state index contributed by atoms with van der Waals surface area (Å²) < 4.78 is 13.2. The van der Waals surface area contributed by atoms with E-state index in [0.717, 1.165) is 0 Å². The second kappa shape index (κ2) is 3.49. The lowest BCUT2D eigenvalue weighted by atomic mass is 9.98. The van der Waals surface area contributed by atoms with Gasteiger partial charge in [-0.3, -0.25) is 4.99 Å². The van der Waals surface area contributed by atoms with Gasteiger partial charge in [0.05, 0.1) is 6.34 Å². The van der Waals surface area contributed by atoms with Gasteiger partial charge in [-0.2, -0.15) is 4.91 Å². The van der Waals surface area contributed by atoms with Crippen LogP contribution < -0.4 is 5.32 Å². The SMILES string of the molecule is O=NC1C=C2C(=CC1F)NC=NC2Cl. The average molecular weight is 216 g/mol. The van der Waals surface area contributed by atoms with Gasteiger partial charge in [0.2, 0.25) is 0 Å². The van der Waals surface area contributed by atoms with Crippen LogP contribution in [0.1, 0.15) is 0 Å². The monoisotopic (exact) mass is 215 g/mol. The highest BCUT2D eigenvalue weighted by molar-refractivity contribution is 6.23.